The number of hydrogen-bond donors (Lipinski definition) is 2. The van der Waals surface area contributed by atoms with E-state index < -0.39 is 21.8 Å². The first kappa shape index (κ1) is 22.9. The van der Waals surface area contributed by atoms with Crippen molar-refractivity contribution in [1.82, 2.24) is 14.8 Å². The van der Waals surface area contributed by atoms with E-state index in [0.717, 1.165) is 27.8 Å². The van der Waals surface area contributed by atoms with Crippen molar-refractivity contribution in [2.24, 2.45) is 0 Å². The van der Waals surface area contributed by atoms with E-state index in [1.807, 2.05) is 53.4 Å². The standard InChI is InChI=1S/C25H29N3O5S/c29-25(30)24(28-11-9-27(10-12-28)19-8-13-34(31,32)17-19)22-15-26-23-14-20(6-7-21(22)23)33-16-18-4-2-1-3-5-18/h1-7,14-15,19,24,26H,8-13,16-17H2,(H,29,30). The summed E-state index contributed by atoms with van der Waals surface area (Å²) in [6.07, 6.45) is 2.45. The molecular weight excluding hydrogens is 454 g/mol. The molecule has 3 heterocycles. The minimum atomic E-state index is -2.94. The monoisotopic (exact) mass is 483 g/mol. The van der Waals surface area contributed by atoms with Crippen LogP contribution in [0.4, 0.5) is 0 Å². The molecule has 2 N–H and O–H groups in total. The van der Waals surface area contributed by atoms with Crippen molar-refractivity contribution in [3.05, 3.63) is 65.9 Å². The Balaban J connectivity index is 1.28. The van der Waals surface area contributed by atoms with E-state index >= 15 is 0 Å². The average molecular weight is 484 g/mol. The number of rotatable bonds is 7. The topological polar surface area (TPSA) is 103 Å². The van der Waals surface area contributed by atoms with Crippen molar-refractivity contribution in [3.63, 3.8) is 0 Å². The summed E-state index contributed by atoms with van der Waals surface area (Å²) in [5, 5.41) is 11.0. The molecule has 180 valence electrons. The highest BCUT2D eigenvalue weighted by Crippen LogP contribution is 2.32. The van der Waals surface area contributed by atoms with Crippen LogP contribution in [-0.2, 0) is 21.2 Å². The van der Waals surface area contributed by atoms with Gasteiger partial charge in [-0.2, -0.15) is 0 Å². The molecule has 2 fully saturated rings. The largest absolute Gasteiger partial charge is 0.489 e. The van der Waals surface area contributed by atoms with E-state index in [4.69, 9.17) is 4.74 Å². The molecule has 2 saturated heterocycles. The lowest BCUT2D eigenvalue weighted by molar-refractivity contribution is -0.144. The summed E-state index contributed by atoms with van der Waals surface area (Å²) in [7, 11) is -2.94. The number of benzene rings is 2. The summed E-state index contributed by atoms with van der Waals surface area (Å²) < 4.78 is 29.6. The summed E-state index contributed by atoms with van der Waals surface area (Å²) in [6.45, 7) is 2.97. The van der Waals surface area contributed by atoms with Gasteiger partial charge >= 0.3 is 5.97 Å². The first-order chi connectivity index (χ1) is 16.4. The second-order valence-electron chi connectivity index (χ2n) is 9.10. The van der Waals surface area contributed by atoms with E-state index in [1.165, 1.54) is 0 Å². The van der Waals surface area contributed by atoms with Crippen LogP contribution >= 0.6 is 0 Å². The molecule has 9 heteroatoms. The molecule has 0 radical (unpaired) electrons. The minimum Gasteiger partial charge on any atom is -0.489 e. The van der Waals surface area contributed by atoms with Crippen LogP contribution < -0.4 is 4.74 Å². The SMILES string of the molecule is O=C(O)C(c1c[nH]c2cc(OCc3ccccc3)ccc12)N1CCN(C2CCS(=O)(=O)C2)CC1. The van der Waals surface area contributed by atoms with E-state index in [9.17, 15) is 18.3 Å². The molecule has 0 saturated carbocycles. The zero-order valence-corrected chi connectivity index (χ0v) is 19.7. The average Bonchev–Trinajstić information content (AvgIpc) is 3.41. The van der Waals surface area contributed by atoms with Crippen LogP contribution in [0, 0.1) is 0 Å². The fourth-order valence-corrected chi connectivity index (χ4v) is 6.86. The van der Waals surface area contributed by atoms with Gasteiger partial charge in [-0.1, -0.05) is 30.3 Å². The number of nitrogens with one attached hydrogen (secondary N) is 1. The molecule has 2 unspecified atom stereocenters. The predicted molar refractivity (Wildman–Crippen MR) is 130 cm³/mol. The number of carboxylic acids is 1. The summed E-state index contributed by atoms with van der Waals surface area (Å²) in [5.74, 6) is 0.299. The molecule has 5 rings (SSSR count). The molecular formula is C25H29N3O5S. The van der Waals surface area contributed by atoms with Crippen LogP contribution in [0.5, 0.6) is 5.75 Å². The zero-order chi connectivity index (χ0) is 23.7. The fraction of sp³-hybridized carbons (Fsp3) is 0.400. The lowest BCUT2D eigenvalue weighted by Gasteiger charge is -2.39. The number of carbonyl (C=O) groups is 1. The number of piperazine rings is 1. The van der Waals surface area contributed by atoms with Crippen molar-refractivity contribution < 1.29 is 23.1 Å². The molecule has 8 nitrogen and oxygen atoms in total. The quantitative estimate of drug-likeness (QED) is 0.533. The number of aromatic nitrogens is 1. The maximum Gasteiger partial charge on any atom is 0.325 e. The van der Waals surface area contributed by atoms with Crippen LogP contribution in [0.3, 0.4) is 0 Å². The van der Waals surface area contributed by atoms with Crippen molar-refractivity contribution >= 4 is 26.7 Å². The van der Waals surface area contributed by atoms with E-state index in [0.29, 0.717) is 39.2 Å². The van der Waals surface area contributed by atoms with Gasteiger partial charge in [0, 0.05) is 61.0 Å². The highest BCUT2D eigenvalue weighted by Gasteiger charge is 2.37. The van der Waals surface area contributed by atoms with Gasteiger partial charge in [0.25, 0.3) is 0 Å². The third kappa shape index (κ3) is 4.82. The van der Waals surface area contributed by atoms with Crippen LogP contribution in [0.2, 0.25) is 0 Å². The van der Waals surface area contributed by atoms with E-state index in [-0.39, 0.29) is 17.5 Å². The lowest BCUT2D eigenvalue weighted by Crippen LogP contribution is -2.52. The van der Waals surface area contributed by atoms with Crippen LogP contribution in [0.25, 0.3) is 10.9 Å². The number of ether oxygens (including phenoxy) is 1. The number of hydrogen-bond acceptors (Lipinski definition) is 6. The predicted octanol–water partition coefficient (Wildman–Crippen LogP) is 2.68. The maximum absolute atomic E-state index is 12.3. The molecule has 0 bridgehead atoms. The van der Waals surface area contributed by atoms with Gasteiger partial charge in [0.15, 0.2) is 9.84 Å². The molecule has 0 spiro atoms. The van der Waals surface area contributed by atoms with E-state index in [2.05, 4.69) is 9.88 Å². The fourth-order valence-electron chi connectivity index (χ4n) is 5.09. The Morgan fingerprint density at radius 3 is 2.56 bits per heavy atom. The third-order valence-electron chi connectivity index (χ3n) is 6.90. The van der Waals surface area contributed by atoms with Crippen molar-refractivity contribution in [2.75, 3.05) is 37.7 Å². The first-order valence-electron chi connectivity index (χ1n) is 11.6. The van der Waals surface area contributed by atoms with Crippen LogP contribution in [0.15, 0.2) is 54.7 Å². The lowest BCUT2D eigenvalue weighted by atomic mass is 10.0. The van der Waals surface area contributed by atoms with Crippen LogP contribution in [0.1, 0.15) is 23.6 Å². The van der Waals surface area contributed by atoms with Gasteiger partial charge in [0.2, 0.25) is 0 Å². The van der Waals surface area contributed by atoms with Gasteiger partial charge < -0.3 is 14.8 Å². The Hall–Kier alpha value is -2.88. The number of carboxylic acid groups (broad SMARTS) is 1. The number of aromatic amines is 1. The number of fused-ring (bicyclic) bond motifs is 1. The third-order valence-corrected chi connectivity index (χ3v) is 8.65. The smallest absolute Gasteiger partial charge is 0.325 e. The molecule has 34 heavy (non-hydrogen) atoms. The number of H-pyrrole nitrogens is 1. The van der Waals surface area contributed by atoms with Gasteiger partial charge in [-0.05, 0) is 24.1 Å². The molecule has 0 aliphatic carbocycles. The highest BCUT2D eigenvalue weighted by atomic mass is 32.2. The van der Waals surface area contributed by atoms with Crippen molar-refractivity contribution in [3.8, 4) is 5.75 Å². The molecule has 1 aromatic heterocycles. The van der Waals surface area contributed by atoms with Gasteiger partial charge in [-0.15, -0.1) is 0 Å². The Morgan fingerprint density at radius 2 is 1.88 bits per heavy atom. The van der Waals surface area contributed by atoms with Gasteiger partial charge in [0.05, 0.1) is 11.5 Å². The Morgan fingerprint density at radius 1 is 1.12 bits per heavy atom. The van der Waals surface area contributed by atoms with Gasteiger partial charge in [-0.25, -0.2) is 8.42 Å². The Labute approximate surface area is 199 Å². The summed E-state index contributed by atoms with van der Waals surface area (Å²) in [6, 6.07) is 14.9. The van der Waals surface area contributed by atoms with E-state index in [1.54, 1.807) is 6.20 Å². The molecule has 2 atom stereocenters. The maximum atomic E-state index is 12.3. The summed E-state index contributed by atoms with van der Waals surface area (Å²) in [5.41, 5.74) is 2.64. The molecule has 2 aromatic carbocycles. The van der Waals surface area contributed by atoms with Gasteiger partial charge in [0.1, 0.15) is 18.4 Å². The van der Waals surface area contributed by atoms with Crippen LogP contribution in [-0.4, -0.2) is 78.0 Å². The second kappa shape index (κ2) is 9.40. The molecule has 3 aromatic rings. The molecule has 2 aliphatic heterocycles. The normalized spacial score (nSPS) is 22.1. The zero-order valence-electron chi connectivity index (χ0n) is 18.9. The van der Waals surface area contributed by atoms with Gasteiger partial charge in [-0.3, -0.25) is 14.6 Å². The van der Waals surface area contributed by atoms with Crippen molar-refractivity contribution in [1.29, 1.82) is 0 Å². The Kier molecular flexibility index (Phi) is 6.33. The number of aliphatic carboxylic acids is 1. The first-order valence-corrected chi connectivity index (χ1v) is 13.4. The number of nitrogens with zero attached hydrogens (tertiary/aromatic N) is 2. The Bertz CT molecular complexity index is 1270. The minimum absolute atomic E-state index is 0.0535. The molecule has 2 aliphatic rings. The second-order valence-corrected chi connectivity index (χ2v) is 11.3. The number of sulfone groups is 1. The summed E-state index contributed by atoms with van der Waals surface area (Å²) >= 11 is 0. The molecule has 0 amide bonds. The van der Waals surface area contributed by atoms with Crippen molar-refractivity contribution in [2.45, 2.75) is 25.1 Å². The summed E-state index contributed by atoms with van der Waals surface area (Å²) in [4.78, 5) is 19.7. The highest BCUT2D eigenvalue weighted by molar-refractivity contribution is 7.91.